The summed E-state index contributed by atoms with van der Waals surface area (Å²) in [7, 11) is -24.0. The molecule has 0 aliphatic heterocycles. The molecule has 0 atom stereocenters. The quantitative estimate of drug-likeness (QED) is 0.347. The van der Waals surface area contributed by atoms with Gasteiger partial charge in [-0.15, -0.1) is 0 Å². The molecule has 0 fully saturated rings. The average molecular weight is 909 g/mol. The van der Waals surface area contributed by atoms with Gasteiger partial charge in [0.05, 0.1) is 60.1 Å². The third-order valence-corrected chi connectivity index (χ3v) is 19.2. The van der Waals surface area contributed by atoms with Crippen LogP contribution < -0.4 is 0 Å². The summed E-state index contributed by atoms with van der Waals surface area (Å²) < 4.78 is 141. The van der Waals surface area contributed by atoms with Crippen LogP contribution in [0.15, 0.2) is 0 Å². The van der Waals surface area contributed by atoms with Crippen molar-refractivity contribution in [3.63, 3.8) is 0 Å². The smallest absolute Gasteiger partial charge is 0.435 e. The van der Waals surface area contributed by atoms with Gasteiger partial charge < -0.3 is 12.4 Å². The maximum atomic E-state index is 11.6. The summed E-state index contributed by atoms with van der Waals surface area (Å²) in [6.45, 7) is 25.3. The van der Waals surface area contributed by atoms with Gasteiger partial charge in [0.25, 0.3) is 0 Å². The molecule has 0 aliphatic carbocycles. The fourth-order valence-electron chi connectivity index (χ4n) is 1.06. The van der Waals surface area contributed by atoms with Gasteiger partial charge in [-0.2, -0.15) is 0 Å². The second-order valence-electron chi connectivity index (χ2n) is 15.7. The van der Waals surface area contributed by atoms with Gasteiger partial charge in [0.15, 0.2) is 0 Å². The Hall–Kier alpha value is 0.957. The van der Waals surface area contributed by atoms with E-state index in [1.165, 1.54) is 125 Å². The Bertz CT molecular complexity index is 1350. The van der Waals surface area contributed by atoms with Crippen LogP contribution in [-0.2, 0) is 60.1 Å². The van der Waals surface area contributed by atoms with E-state index in [0.717, 1.165) is 0 Å². The molecular weight excluding hydrogens is 855 g/mol. The van der Waals surface area contributed by atoms with Gasteiger partial charge in [-0.3, -0.25) is 0 Å². The van der Waals surface area contributed by atoms with Crippen molar-refractivity contribution in [2.75, 3.05) is 0 Å². The van der Waals surface area contributed by atoms with Gasteiger partial charge in [-0.1, -0.05) is 0 Å². The molecular formula is C24H54CeN3O12S6. The van der Waals surface area contributed by atoms with Crippen LogP contribution in [0.25, 0.3) is 12.4 Å². The minimum Gasteiger partial charge on any atom is -0.435 e. The van der Waals surface area contributed by atoms with E-state index in [4.69, 9.17) is 0 Å². The molecule has 0 amide bonds. The summed E-state index contributed by atoms with van der Waals surface area (Å²) in [4.78, 5) is 0. The summed E-state index contributed by atoms with van der Waals surface area (Å²) in [6.07, 6.45) is 0. The molecule has 22 heteroatoms. The number of hydrogen-bond acceptors (Lipinski definition) is 12. The molecule has 0 saturated heterocycles. The van der Waals surface area contributed by atoms with Crippen LogP contribution in [0.5, 0.6) is 0 Å². The number of rotatable bonds is 6. The zero-order valence-electron chi connectivity index (χ0n) is 30.2. The van der Waals surface area contributed by atoms with Crippen LogP contribution in [-0.4, -0.2) is 79.0 Å². The van der Waals surface area contributed by atoms with Crippen molar-refractivity contribution in [2.45, 2.75) is 153 Å². The van der Waals surface area contributed by atoms with E-state index < -0.39 is 88.6 Å². The Balaban J connectivity index is -0.000000285. The zero-order valence-corrected chi connectivity index (χ0v) is 38.2. The molecule has 277 valence electrons. The molecule has 0 aromatic rings. The monoisotopic (exact) mass is 908 g/mol. The van der Waals surface area contributed by atoms with E-state index in [-0.39, 0.29) is 41.7 Å². The van der Waals surface area contributed by atoms with Crippen molar-refractivity contribution in [1.29, 1.82) is 0 Å². The topological polar surface area (TPSA) is 247 Å². The van der Waals surface area contributed by atoms with E-state index in [1.54, 1.807) is 0 Å². The summed E-state index contributed by atoms with van der Waals surface area (Å²) in [5, 5.41) is 0. The Kier molecular flexibility index (Phi) is 18.8. The predicted molar refractivity (Wildman–Crippen MR) is 182 cm³/mol. The van der Waals surface area contributed by atoms with Crippen LogP contribution in [0.4, 0.5) is 0 Å². The van der Waals surface area contributed by atoms with Crippen molar-refractivity contribution < 1.29 is 92.3 Å². The van der Waals surface area contributed by atoms with E-state index in [2.05, 4.69) is 12.4 Å². The molecule has 1 radical (unpaired) electrons. The molecule has 0 aromatic heterocycles. The van der Waals surface area contributed by atoms with Gasteiger partial charge >= 0.3 is 41.7 Å². The Morgan fingerprint density at radius 1 is 0.239 bits per heavy atom. The predicted octanol–water partition coefficient (Wildman–Crippen LogP) is 4.85. The Labute approximate surface area is 314 Å². The fraction of sp³-hybridized carbons (Fsp3) is 1.00. The van der Waals surface area contributed by atoms with Crippen molar-refractivity contribution in [1.82, 2.24) is 0 Å². The molecule has 0 bridgehead atoms. The SMILES string of the molecule is CC(C)(C)S(=O)(=O)[N-]S(=O)(=O)C(C)(C)C.CC(C)(C)S(=O)(=O)[N-]S(=O)(=O)C(C)(C)C.CC(C)(C)S(=O)(=O)[N-]S(=O)(=O)C(C)(C)C.[Ce+3]. The van der Waals surface area contributed by atoms with Gasteiger partial charge in [-0.05, 0) is 125 Å². The Morgan fingerprint density at radius 3 is 0.348 bits per heavy atom. The van der Waals surface area contributed by atoms with Gasteiger partial charge in [0.2, 0.25) is 0 Å². The van der Waals surface area contributed by atoms with Gasteiger partial charge in [-0.25, -0.2) is 50.5 Å². The molecule has 0 saturated carbocycles. The van der Waals surface area contributed by atoms with Crippen LogP contribution in [0.2, 0.25) is 0 Å². The molecule has 0 rings (SSSR count). The molecule has 0 unspecified atom stereocenters. The third-order valence-electron chi connectivity index (χ3n) is 5.23. The Morgan fingerprint density at radius 2 is 0.304 bits per heavy atom. The number of nitrogens with zero attached hydrogens (tertiary/aromatic N) is 3. The standard InChI is InChI=1S/3C8H18NO4S2.Ce/c3*1-7(2,3)14(10,11)9-15(12,13)8(4,5)6;/h3*1-6H3;/q3*-1;+3. The maximum Gasteiger partial charge on any atom is 3.00 e. The molecule has 46 heavy (non-hydrogen) atoms. The maximum absolute atomic E-state index is 11.6. The first-order valence-electron chi connectivity index (χ1n) is 13.3. The minimum absolute atomic E-state index is 0. The third kappa shape index (κ3) is 16.3. The van der Waals surface area contributed by atoms with Crippen LogP contribution >= 0.6 is 0 Å². The fourth-order valence-corrected chi connectivity index (χ4v) is 9.53. The van der Waals surface area contributed by atoms with E-state index in [1.807, 2.05) is 0 Å². The normalized spacial score (nSPS) is 15.0. The first-order chi connectivity index (χ1) is 18.6. The molecule has 0 heterocycles. The van der Waals surface area contributed by atoms with Gasteiger partial charge in [0.1, 0.15) is 0 Å². The van der Waals surface area contributed by atoms with Crippen molar-refractivity contribution >= 4 is 60.1 Å². The van der Waals surface area contributed by atoms with Gasteiger partial charge in [0, 0.05) is 28.5 Å². The van der Waals surface area contributed by atoms with E-state index in [0.29, 0.717) is 0 Å². The van der Waals surface area contributed by atoms with E-state index in [9.17, 15) is 50.5 Å². The van der Waals surface area contributed by atoms with Crippen LogP contribution in [0.3, 0.4) is 0 Å². The first-order valence-corrected chi connectivity index (χ1v) is 22.0. The molecule has 0 spiro atoms. The van der Waals surface area contributed by atoms with Crippen molar-refractivity contribution in [2.24, 2.45) is 0 Å². The second-order valence-corrected chi connectivity index (χ2v) is 30.6. The van der Waals surface area contributed by atoms with E-state index >= 15 is 0 Å². The van der Waals surface area contributed by atoms with Crippen LogP contribution in [0.1, 0.15) is 125 Å². The second kappa shape index (κ2) is 16.1. The molecule has 0 aromatic carbocycles. The van der Waals surface area contributed by atoms with Crippen LogP contribution in [0, 0.1) is 41.7 Å². The molecule has 15 nitrogen and oxygen atoms in total. The summed E-state index contributed by atoms with van der Waals surface area (Å²) in [6, 6.07) is 0. The molecule has 0 aliphatic rings. The van der Waals surface area contributed by atoms with Crippen molar-refractivity contribution in [3.05, 3.63) is 12.4 Å². The largest absolute Gasteiger partial charge is 3.00 e. The first kappa shape index (κ1) is 53.7. The summed E-state index contributed by atoms with van der Waals surface area (Å²) in [5.41, 5.74) is 0. The minimum atomic E-state index is -4.00. The van der Waals surface area contributed by atoms with Crippen molar-refractivity contribution in [3.8, 4) is 0 Å². The number of hydrogen-bond donors (Lipinski definition) is 0. The number of sulfonamides is 6. The summed E-state index contributed by atoms with van der Waals surface area (Å²) >= 11 is 0. The molecule has 0 N–H and O–H groups in total. The average Bonchev–Trinajstić information content (AvgIpc) is 2.61. The zero-order chi connectivity index (χ0) is 38.1. The summed E-state index contributed by atoms with van der Waals surface area (Å²) in [5.74, 6) is 0.